The molecule has 2 rings (SSSR count). The molecule has 0 aliphatic heterocycles. The van der Waals surface area contributed by atoms with Crippen molar-refractivity contribution in [2.24, 2.45) is 0 Å². The standard InChI is InChI=1S/C18H27N3O3/c1-12-7-8-14(24-12)18(5,22)11-19-15-9-13(10-23-6)20-16(21-15)17(2,3)4/h7-9,22H,10-11H2,1-6H3,(H,19,20,21). The van der Waals surface area contributed by atoms with E-state index in [0.717, 1.165) is 17.3 Å². The summed E-state index contributed by atoms with van der Waals surface area (Å²) in [7, 11) is 1.63. The quantitative estimate of drug-likeness (QED) is 0.845. The Morgan fingerprint density at radius 1 is 1.21 bits per heavy atom. The van der Waals surface area contributed by atoms with E-state index in [4.69, 9.17) is 9.15 Å². The van der Waals surface area contributed by atoms with Crippen LogP contribution in [0.25, 0.3) is 0 Å². The molecular weight excluding hydrogens is 306 g/mol. The van der Waals surface area contributed by atoms with Crippen molar-refractivity contribution in [3.05, 3.63) is 41.2 Å². The Kier molecular flexibility index (Phi) is 5.30. The second-order valence-corrected chi connectivity index (χ2v) is 7.29. The van der Waals surface area contributed by atoms with E-state index in [-0.39, 0.29) is 12.0 Å². The monoisotopic (exact) mass is 333 g/mol. The van der Waals surface area contributed by atoms with Crippen LogP contribution in [0.15, 0.2) is 22.6 Å². The van der Waals surface area contributed by atoms with Gasteiger partial charge in [-0.3, -0.25) is 0 Å². The first-order chi connectivity index (χ1) is 11.1. The van der Waals surface area contributed by atoms with Crippen LogP contribution in [0.3, 0.4) is 0 Å². The molecule has 2 N–H and O–H groups in total. The fraction of sp³-hybridized carbons (Fsp3) is 0.556. The zero-order valence-corrected chi connectivity index (χ0v) is 15.3. The topological polar surface area (TPSA) is 80.4 Å². The van der Waals surface area contributed by atoms with Gasteiger partial charge in [-0.25, -0.2) is 9.97 Å². The van der Waals surface area contributed by atoms with E-state index >= 15 is 0 Å². The number of aromatic nitrogens is 2. The zero-order valence-electron chi connectivity index (χ0n) is 15.3. The van der Waals surface area contributed by atoms with Crippen molar-refractivity contribution in [1.82, 2.24) is 9.97 Å². The van der Waals surface area contributed by atoms with Gasteiger partial charge in [-0.15, -0.1) is 0 Å². The Hall–Kier alpha value is -1.92. The normalized spacial score (nSPS) is 14.5. The average molecular weight is 333 g/mol. The SMILES string of the molecule is COCc1cc(NCC(C)(O)c2ccc(C)o2)nc(C(C)(C)C)n1. The number of furan rings is 1. The molecule has 0 radical (unpaired) electrons. The Balaban J connectivity index is 2.20. The van der Waals surface area contributed by atoms with Gasteiger partial charge in [-0.05, 0) is 26.0 Å². The molecule has 2 aromatic rings. The van der Waals surface area contributed by atoms with Crippen LogP contribution in [0.4, 0.5) is 5.82 Å². The minimum atomic E-state index is -1.14. The molecule has 0 aliphatic carbocycles. The van der Waals surface area contributed by atoms with Crippen LogP contribution in [0, 0.1) is 6.92 Å². The lowest BCUT2D eigenvalue weighted by atomic mass is 9.95. The van der Waals surface area contributed by atoms with Crippen LogP contribution in [0.2, 0.25) is 0 Å². The van der Waals surface area contributed by atoms with Crippen LogP contribution >= 0.6 is 0 Å². The summed E-state index contributed by atoms with van der Waals surface area (Å²) < 4.78 is 10.7. The smallest absolute Gasteiger partial charge is 0.137 e. The molecule has 132 valence electrons. The van der Waals surface area contributed by atoms with Crippen LogP contribution < -0.4 is 5.32 Å². The number of hydrogen-bond donors (Lipinski definition) is 2. The van der Waals surface area contributed by atoms with Gasteiger partial charge in [0.15, 0.2) is 0 Å². The highest BCUT2D eigenvalue weighted by atomic mass is 16.5. The number of methoxy groups -OCH3 is 1. The number of aryl methyl sites for hydroxylation is 1. The van der Waals surface area contributed by atoms with Crippen LogP contribution in [-0.4, -0.2) is 28.7 Å². The van der Waals surface area contributed by atoms with Gasteiger partial charge in [0.25, 0.3) is 0 Å². The fourth-order valence-electron chi connectivity index (χ4n) is 2.22. The molecule has 0 fully saturated rings. The lowest BCUT2D eigenvalue weighted by molar-refractivity contribution is 0.0467. The molecule has 0 aromatic carbocycles. The van der Waals surface area contributed by atoms with Gasteiger partial charge in [0, 0.05) is 18.6 Å². The molecule has 24 heavy (non-hydrogen) atoms. The number of nitrogens with zero attached hydrogens (tertiary/aromatic N) is 2. The predicted molar refractivity (Wildman–Crippen MR) is 93.0 cm³/mol. The summed E-state index contributed by atoms with van der Waals surface area (Å²) in [6, 6.07) is 5.46. The molecule has 1 atom stereocenters. The third-order valence-electron chi connectivity index (χ3n) is 3.63. The summed E-state index contributed by atoms with van der Waals surface area (Å²) in [5, 5.41) is 13.8. The Bertz CT molecular complexity index is 687. The van der Waals surface area contributed by atoms with Crippen molar-refractivity contribution < 1.29 is 14.3 Å². The first kappa shape index (κ1) is 18.4. The van der Waals surface area contributed by atoms with Crippen molar-refractivity contribution in [3.8, 4) is 0 Å². The number of nitrogens with one attached hydrogen (secondary N) is 1. The number of rotatable bonds is 6. The molecule has 6 nitrogen and oxygen atoms in total. The molecule has 0 aliphatic rings. The highest BCUT2D eigenvalue weighted by Gasteiger charge is 2.27. The van der Waals surface area contributed by atoms with Crippen molar-refractivity contribution in [2.75, 3.05) is 19.0 Å². The number of aliphatic hydroxyl groups is 1. The highest BCUT2D eigenvalue weighted by molar-refractivity contribution is 5.38. The predicted octanol–water partition coefficient (Wildman–Crippen LogP) is 3.14. The van der Waals surface area contributed by atoms with Crippen molar-refractivity contribution in [3.63, 3.8) is 0 Å². The highest BCUT2D eigenvalue weighted by Crippen LogP contribution is 2.25. The van der Waals surface area contributed by atoms with Gasteiger partial charge >= 0.3 is 0 Å². The van der Waals surface area contributed by atoms with Crippen molar-refractivity contribution in [1.29, 1.82) is 0 Å². The summed E-state index contributed by atoms with van der Waals surface area (Å²) in [5.74, 6) is 2.68. The number of hydrogen-bond acceptors (Lipinski definition) is 6. The third-order valence-corrected chi connectivity index (χ3v) is 3.63. The second kappa shape index (κ2) is 6.91. The molecule has 2 heterocycles. The van der Waals surface area contributed by atoms with Gasteiger partial charge in [-0.2, -0.15) is 0 Å². The average Bonchev–Trinajstić information content (AvgIpc) is 2.92. The minimum absolute atomic E-state index is 0.180. The van der Waals surface area contributed by atoms with E-state index in [1.165, 1.54) is 0 Å². The molecule has 0 bridgehead atoms. The Morgan fingerprint density at radius 2 is 1.92 bits per heavy atom. The Morgan fingerprint density at radius 3 is 2.46 bits per heavy atom. The van der Waals surface area contributed by atoms with E-state index in [0.29, 0.717) is 18.2 Å². The van der Waals surface area contributed by atoms with Crippen LogP contribution in [0.5, 0.6) is 0 Å². The van der Waals surface area contributed by atoms with E-state index < -0.39 is 5.60 Å². The first-order valence-electron chi connectivity index (χ1n) is 8.02. The second-order valence-electron chi connectivity index (χ2n) is 7.29. The van der Waals surface area contributed by atoms with E-state index in [1.807, 2.05) is 19.1 Å². The maximum atomic E-state index is 10.6. The molecule has 0 spiro atoms. The fourth-order valence-corrected chi connectivity index (χ4v) is 2.22. The zero-order chi connectivity index (χ0) is 18.0. The molecule has 1 unspecified atom stereocenters. The lowest BCUT2D eigenvalue weighted by Gasteiger charge is -2.23. The van der Waals surface area contributed by atoms with Gasteiger partial charge in [0.2, 0.25) is 0 Å². The summed E-state index contributed by atoms with van der Waals surface area (Å²) in [6.07, 6.45) is 0. The van der Waals surface area contributed by atoms with Gasteiger partial charge < -0.3 is 19.6 Å². The maximum Gasteiger partial charge on any atom is 0.137 e. The third kappa shape index (κ3) is 4.55. The van der Waals surface area contributed by atoms with E-state index in [2.05, 4.69) is 36.1 Å². The Labute approximate surface area is 143 Å². The van der Waals surface area contributed by atoms with Crippen molar-refractivity contribution >= 4 is 5.82 Å². The van der Waals surface area contributed by atoms with Crippen LogP contribution in [-0.2, 0) is 22.4 Å². The van der Waals surface area contributed by atoms with E-state index in [1.54, 1.807) is 20.1 Å². The number of ether oxygens (including phenoxy) is 1. The molecule has 6 heteroatoms. The molecule has 2 aromatic heterocycles. The summed E-state index contributed by atoms with van der Waals surface area (Å²) in [5.41, 5.74) is -0.517. The number of anilines is 1. The van der Waals surface area contributed by atoms with Crippen molar-refractivity contribution in [2.45, 2.75) is 52.2 Å². The van der Waals surface area contributed by atoms with Crippen LogP contribution in [0.1, 0.15) is 50.7 Å². The minimum Gasteiger partial charge on any atom is -0.463 e. The molecular formula is C18H27N3O3. The molecule has 0 saturated heterocycles. The first-order valence-corrected chi connectivity index (χ1v) is 8.02. The summed E-state index contributed by atoms with van der Waals surface area (Å²) >= 11 is 0. The van der Waals surface area contributed by atoms with Gasteiger partial charge in [0.1, 0.15) is 28.8 Å². The van der Waals surface area contributed by atoms with Gasteiger partial charge in [-0.1, -0.05) is 20.8 Å². The molecule has 0 amide bonds. The molecule has 0 saturated carbocycles. The maximum absolute atomic E-state index is 10.6. The lowest BCUT2D eigenvalue weighted by Crippen LogP contribution is -2.31. The van der Waals surface area contributed by atoms with Gasteiger partial charge in [0.05, 0.1) is 18.8 Å². The largest absolute Gasteiger partial charge is 0.463 e. The summed E-state index contributed by atoms with van der Waals surface area (Å²) in [6.45, 7) is 10.4. The van der Waals surface area contributed by atoms with E-state index in [9.17, 15) is 5.11 Å². The summed E-state index contributed by atoms with van der Waals surface area (Å²) in [4.78, 5) is 9.11.